The fraction of sp³-hybridized carbons (Fsp3) is 0.190. The molecule has 1 aromatic carbocycles. The molecule has 1 aliphatic heterocycles. The molecular formula is C21H16N8O3. The third kappa shape index (κ3) is 4.08. The van der Waals surface area contributed by atoms with Gasteiger partial charge in [0.15, 0.2) is 0 Å². The fourth-order valence-corrected chi connectivity index (χ4v) is 3.40. The summed E-state index contributed by atoms with van der Waals surface area (Å²) >= 11 is 0. The van der Waals surface area contributed by atoms with Crippen molar-refractivity contribution < 1.29 is 9.66 Å². The molecule has 1 aliphatic rings. The second-order valence-corrected chi connectivity index (χ2v) is 6.80. The van der Waals surface area contributed by atoms with Gasteiger partial charge < -0.3 is 14.5 Å². The molecule has 2 aromatic heterocycles. The second-order valence-electron chi connectivity index (χ2n) is 6.80. The van der Waals surface area contributed by atoms with Gasteiger partial charge in [0, 0.05) is 32.4 Å². The summed E-state index contributed by atoms with van der Waals surface area (Å²) in [4.78, 5) is 27.7. The molecule has 11 heteroatoms. The lowest BCUT2D eigenvalue weighted by Gasteiger charge is -2.35. The monoisotopic (exact) mass is 428 g/mol. The molecule has 32 heavy (non-hydrogen) atoms. The standard InChI is InChI=1S/C21H16N8O3/c22-12-15-4-5-17(11-16(15)13-23)32-21-19(29(30)31)20(25-14-26-21)28-9-7-27(8-10-28)18-3-1-2-6-24-18/h1-6,11,14H,7-10H2. The Morgan fingerprint density at radius 1 is 0.969 bits per heavy atom. The lowest BCUT2D eigenvalue weighted by molar-refractivity contribution is -0.385. The highest BCUT2D eigenvalue weighted by Crippen LogP contribution is 2.36. The minimum absolute atomic E-state index is 0.104. The predicted molar refractivity (Wildman–Crippen MR) is 113 cm³/mol. The Morgan fingerprint density at radius 2 is 1.72 bits per heavy atom. The van der Waals surface area contributed by atoms with E-state index in [0.717, 1.165) is 5.82 Å². The van der Waals surface area contributed by atoms with Crippen molar-refractivity contribution in [3.05, 3.63) is 70.2 Å². The second kappa shape index (κ2) is 8.93. The summed E-state index contributed by atoms with van der Waals surface area (Å²) in [5, 5.41) is 30.1. The smallest absolute Gasteiger partial charge is 0.373 e. The third-order valence-corrected chi connectivity index (χ3v) is 4.95. The van der Waals surface area contributed by atoms with Crippen LogP contribution in [-0.2, 0) is 0 Å². The maximum atomic E-state index is 11.9. The van der Waals surface area contributed by atoms with Crippen molar-refractivity contribution in [2.75, 3.05) is 36.0 Å². The van der Waals surface area contributed by atoms with Crippen LogP contribution < -0.4 is 14.5 Å². The Bertz CT molecular complexity index is 1230. The van der Waals surface area contributed by atoms with Crippen LogP contribution in [0.4, 0.5) is 17.3 Å². The van der Waals surface area contributed by atoms with Crippen molar-refractivity contribution in [2.24, 2.45) is 0 Å². The molecule has 0 N–H and O–H groups in total. The summed E-state index contributed by atoms with van der Waals surface area (Å²) in [6, 6.07) is 13.7. The van der Waals surface area contributed by atoms with E-state index in [-0.39, 0.29) is 34.3 Å². The normalized spacial score (nSPS) is 13.2. The SMILES string of the molecule is N#Cc1ccc(Oc2ncnc(N3CCN(c4ccccn4)CC3)c2[N+](=O)[O-])cc1C#N. The molecule has 3 heterocycles. The number of nitro groups is 1. The number of rotatable bonds is 5. The van der Waals surface area contributed by atoms with Gasteiger partial charge in [-0.1, -0.05) is 6.07 Å². The van der Waals surface area contributed by atoms with E-state index in [1.54, 1.807) is 6.20 Å². The molecule has 0 saturated carbocycles. The van der Waals surface area contributed by atoms with Crippen LogP contribution in [0.3, 0.4) is 0 Å². The summed E-state index contributed by atoms with van der Waals surface area (Å²) in [6.45, 7) is 2.25. The minimum Gasteiger partial charge on any atom is -0.433 e. The van der Waals surface area contributed by atoms with Gasteiger partial charge in [0.2, 0.25) is 5.82 Å². The maximum Gasteiger partial charge on any atom is 0.373 e. The van der Waals surface area contributed by atoms with Gasteiger partial charge in [0.25, 0.3) is 0 Å². The van der Waals surface area contributed by atoms with E-state index >= 15 is 0 Å². The van der Waals surface area contributed by atoms with E-state index in [9.17, 15) is 15.4 Å². The summed E-state index contributed by atoms with van der Waals surface area (Å²) < 4.78 is 5.63. The molecule has 11 nitrogen and oxygen atoms in total. The summed E-state index contributed by atoms with van der Waals surface area (Å²) in [6.07, 6.45) is 2.93. The molecule has 158 valence electrons. The summed E-state index contributed by atoms with van der Waals surface area (Å²) in [7, 11) is 0. The number of benzene rings is 1. The van der Waals surface area contributed by atoms with Crippen LogP contribution in [0.2, 0.25) is 0 Å². The van der Waals surface area contributed by atoms with Crippen LogP contribution in [0.5, 0.6) is 11.6 Å². The molecule has 0 unspecified atom stereocenters. The van der Waals surface area contributed by atoms with Crippen LogP contribution in [0.1, 0.15) is 11.1 Å². The number of ether oxygens (including phenoxy) is 1. The Kier molecular flexibility index (Phi) is 5.72. The number of nitriles is 2. The van der Waals surface area contributed by atoms with Crippen LogP contribution >= 0.6 is 0 Å². The van der Waals surface area contributed by atoms with Gasteiger partial charge in [-0.05, 0) is 30.3 Å². The Balaban J connectivity index is 1.59. The van der Waals surface area contributed by atoms with Crippen LogP contribution in [0.25, 0.3) is 0 Å². The first-order valence-electron chi connectivity index (χ1n) is 9.63. The number of hydrogen-bond acceptors (Lipinski definition) is 10. The van der Waals surface area contributed by atoms with Gasteiger partial charge in [0.1, 0.15) is 30.0 Å². The number of anilines is 2. The average Bonchev–Trinajstić information content (AvgIpc) is 2.84. The Labute approximate surface area is 182 Å². The molecule has 0 aliphatic carbocycles. The van der Waals surface area contributed by atoms with Crippen LogP contribution in [0.15, 0.2) is 48.9 Å². The number of aromatic nitrogens is 3. The average molecular weight is 428 g/mol. The third-order valence-electron chi connectivity index (χ3n) is 4.95. The highest BCUT2D eigenvalue weighted by molar-refractivity contribution is 5.64. The van der Waals surface area contributed by atoms with Crippen LogP contribution in [-0.4, -0.2) is 46.1 Å². The molecule has 1 saturated heterocycles. The summed E-state index contributed by atoms with van der Waals surface area (Å²) in [5.74, 6) is 0.936. The minimum atomic E-state index is -0.579. The number of piperazine rings is 1. The van der Waals surface area contributed by atoms with E-state index in [2.05, 4.69) is 19.9 Å². The van der Waals surface area contributed by atoms with Gasteiger partial charge in [-0.3, -0.25) is 10.1 Å². The zero-order valence-corrected chi connectivity index (χ0v) is 16.7. The lowest BCUT2D eigenvalue weighted by Crippen LogP contribution is -2.47. The topological polar surface area (TPSA) is 145 Å². The van der Waals surface area contributed by atoms with Gasteiger partial charge in [-0.15, -0.1) is 0 Å². The summed E-state index contributed by atoms with van der Waals surface area (Å²) in [5.41, 5.74) is -0.0715. The molecule has 1 fully saturated rings. The quantitative estimate of drug-likeness (QED) is 0.439. The first-order chi connectivity index (χ1) is 15.6. The molecule has 3 aromatic rings. The van der Waals surface area contributed by atoms with E-state index in [1.807, 2.05) is 35.2 Å². The van der Waals surface area contributed by atoms with Gasteiger partial charge in [0.05, 0.1) is 16.1 Å². The Morgan fingerprint density at radius 3 is 2.38 bits per heavy atom. The molecule has 0 amide bonds. The van der Waals surface area contributed by atoms with Crippen molar-refractivity contribution in [3.63, 3.8) is 0 Å². The van der Waals surface area contributed by atoms with Gasteiger partial charge in [-0.2, -0.15) is 15.5 Å². The van der Waals surface area contributed by atoms with Crippen molar-refractivity contribution in [2.45, 2.75) is 0 Å². The number of pyridine rings is 1. The highest BCUT2D eigenvalue weighted by atomic mass is 16.6. The first kappa shape index (κ1) is 20.5. The Hall–Kier alpha value is -4.77. The zero-order chi connectivity index (χ0) is 22.5. The molecule has 4 rings (SSSR count). The van der Waals surface area contributed by atoms with Gasteiger partial charge >= 0.3 is 11.6 Å². The van der Waals surface area contributed by atoms with Crippen molar-refractivity contribution >= 4 is 17.3 Å². The molecule has 0 spiro atoms. The fourth-order valence-electron chi connectivity index (χ4n) is 3.40. The molecule has 0 bridgehead atoms. The van der Waals surface area contributed by atoms with E-state index in [1.165, 1.54) is 24.5 Å². The lowest BCUT2D eigenvalue weighted by atomic mass is 10.1. The molecular weight excluding hydrogens is 412 g/mol. The van der Waals surface area contributed by atoms with E-state index in [4.69, 9.17) is 10.00 Å². The largest absolute Gasteiger partial charge is 0.433 e. The number of nitrogens with zero attached hydrogens (tertiary/aromatic N) is 8. The zero-order valence-electron chi connectivity index (χ0n) is 16.7. The van der Waals surface area contributed by atoms with Crippen molar-refractivity contribution in [3.8, 4) is 23.8 Å². The number of hydrogen-bond donors (Lipinski definition) is 0. The first-order valence-corrected chi connectivity index (χ1v) is 9.63. The van der Waals surface area contributed by atoms with Crippen molar-refractivity contribution in [1.29, 1.82) is 10.5 Å². The van der Waals surface area contributed by atoms with E-state index in [0.29, 0.717) is 26.2 Å². The molecule has 0 radical (unpaired) electrons. The predicted octanol–water partition coefficient (Wildman–Crippen LogP) is 2.64. The highest BCUT2D eigenvalue weighted by Gasteiger charge is 2.31. The van der Waals surface area contributed by atoms with Crippen LogP contribution in [0, 0.1) is 32.8 Å². The van der Waals surface area contributed by atoms with Crippen molar-refractivity contribution in [1.82, 2.24) is 15.0 Å². The maximum absolute atomic E-state index is 11.9. The van der Waals surface area contributed by atoms with Gasteiger partial charge in [-0.25, -0.2) is 9.97 Å². The molecule has 0 atom stereocenters. The van der Waals surface area contributed by atoms with E-state index < -0.39 is 4.92 Å².